The summed E-state index contributed by atoms with van der Waals surface area (Å²) >= 11 is 0. The number of aromatic nitrogens is 1. The first kappa shape index (κ1) is 10.6. The highest BCUT2D eigenvalue weighted by Gasteiger charge is 2.08. The van der Waals surface area contributed by atoms with E-state index in [-0.39, 0.29) is 5.75 Å². The van der Waals surface area contributed by atoms with Gasteiger partial charge in [0, 0.05) is 23.7 Å². The summed E-state index contributed by atoms with van der Waals surface area (Å²) in [6.07, 6.45) is 1.82. The number of fused-ring (bicyclic) bond motifs is 1. The van der Waals surface area contributed by atoms with Gasteiger partial charge in [-0.25, -0.2) is 4.98 Å². The largest absolute Gasteiger partial charge is 0.505 e. The molecule has 0 radical (unpaired) electrons. The second-order valence-corrected chi connectivity index (χ2v) is 3.97. The summed E-state index contributed by atoms with van der Waals surface area (Å²) in [5, 5.41) is 18.0. The number of nitrogens with zero attached hydrogens (tertiary/aromatic N) is 1. The van der Waals surface area contributed by atoms with Gasteiger partial charge in [0.05, 0.1) is 0 Å². The first-order valence-corrected chi connectivity index (χ1v) is 5.21. The van der Waals surface area contributed by atoms with Crippen molar-refractivity contribution in [3.05, 3.63) is 35.0 Å². The van der Waals surface area contributed by atoms with Crippen molar-refractivity contribution in [1.82, 2.24) is 4.98 Å². The van der Waals surface area contributed by atoms with Crippen molar-refractivity contribution in [3.8, 4) is 5.75 Å². The van der Waals surface area contributed by atoms with Gasteiger partial charge in [0.2, 0.25) is 0 Å². The standard InChI is InChI=1S/C13H14N2O/c1-8-7-9(2)13(16)12-11(8)4-3-10(15-12)5-6-14/h3-4,6-7,14,16H,5H2,1-2H3. The van der Waals surface area contributed by atoms with Crippen LogP contribution in [0.25, 0.3) is 10.9 Å². The van der Waals surface area contributed by atoms with Crippen molar-refractivity contribution in [2.24, 2.45) is 0 Å². The van der Waals surface area contributed by atoms with Gasteiger partial charge in [-0.05, 0) is 31.0 Å². The number of hydrogen-bond donors (Lipinski definition) is 2. The molecule has 0 spiro atoms. The number of aryl methyl sites for hydroxylation is 2. The van der Waals surface area contributed by atoms with Gasteiger partial charge in [-0.15, -0.1) is 0 Å². The summed E-state index contributed by atoms with van der Waals surface area (Å²) in [5.74, 6) is 0.243. The molecule has 3 heteroatoms. The minimum Gasteiger partial charge on any atom is -0.505 e. The summed E-state index contributed by atoms with van der Waals surface area (Å²) in [6, 6.07) is 5.81. The van der Waals surface area contributed by atoms with Crippen LogP contribution in [0.5, 0.6) is 5.75 Å². The fraction of sp³-hybridized carbons (Fsp3) is 0.231. The lowest BCUT2D eigenvalue weighted by molar-refractivity contribution is 0.476. The maximum absolute atomic E-state index is 9.96. The van der Waals surface area contributed by atoms with Gasteiger partial charge in [-0.1, -0.05) is 12.1 Å². The molecule has 0 saturated heterocycles. The molecule has 82 valence electrons. The first-order valence-electron chi connectivity index (χ1n) is 5.21. The Morgan fingerprint density at radius 2 is 2.06 bits per heavy atom. The molecule has 0 saturated carbocycles. The van der Waals surface area contributed by atoms with Gasteiger partial charge in [0.25, 0.3) is 0 Å². The van der Waals surface area contributed by atoms with E-state index in [1.165, 1.54) is 6.21 Å². The van der Waals surface area contributed by atoms with Crippen LogP contribution >= 0.6 is 0 Å². The van der Waals surface area contributed by atoms with Crippen LogP contribution in [0.15, 0.2) is 18.2 Å². The summed E-state index contributed by atoms with van der Waals surface area (Å²) in [6.45, 7) is 3.87. The highest BCUT2D eigenvalue weighted by Crippen LogP contribution is 2.29. The molecule has 0 unspecified atom stereocenters. The second kappa shape index (κ2) is 3.93. The topological polar surface area (TPSA) is 57.0 Å². The minimum atomic E-state index is 0.243. The van der Waals surface area contributed by atoms with E-state index in [0.29, 0.717) is 11.9 Å². The van der Waals surface area contributed by atoms with E-state index in [1.54, 1.807) is 0 Å². The van der Waals surface area contributed by atoms with Gasteiger partial charge in [0.1, 0.15) is 11.3 Å². The average molecular weight is 214 g/mol. The lowest BCUT2D eigenvalue weighted by Crippen LogP contribution is -1.93. The summed E-state index contributed by atoms with van der Waals surface area (Å²) in [4.78, 5) is 4.38. The molecule has 3 nitrogen and oxygen atoms in total. The predicted octanol–water partition coefficient (Wildman–Crippen LogP) is 2.75. The molecule has 0 aliphatic rings. The molecule has 0 atom stereocenters. The highest BCUT2D eigenvalue weighted by atomic mass is 16.3. The average Bonchev–Trinajstić information content (AvgIpc) is 2.26. The van der Waals surface area contributed by atoms with Crippen molar-refractivity contribution >= 4 is 17.1 Å². The number of phenols is 1. The van der Waals surface area contributed by atoms with E-state index in [9.17, 15) is 5.11 Å². The molecule has 1 aromatic carbocycles. The van der Waals surface area contributed by atoms with Crippen molar-refractivity contribution in [2.75, 3.05) is 0 Å². The van der Waals surface area contributed by atoms with E-state index < -0.39 is 0 Å². The maximum Gasteiger partial charge on any atom is 0.144 e. The van der Waals surface area contributed by atoms with Crippen LogP contribution in [0.3, 0.4) is 0 Å². The van der Waals surface area contributed by atoms with E-state index in [2.05, 4.69) is 4.98 Å². The number of hydrogen-bond acceptors (Lipinski definition) is 3. The zero-order valence-electron chi connectivity index (χ0n) is 9.41. The number of nitrogens with one attached hydrogen (secondary N) is 1. The molecule has 0 fully saturated rings. The molecule has 0 amide bonds. The fourth-order valence-electron chi connectivity index (χ4n) is 1.87. The van der Waals surface area contributed by atoms with Crippen LogP contribution in [0.4, 0.5) is 0 Å². The van der Waals surface area contributed by atoms with E-state index in [4.69, 9.17) is 5.41 Å². The maximum atomic E-state index is 9.96. The molecule has 2 N–H and O–H groups in total. The minimum absolute atomic E-state index is 0.243. The third-order valence-corrected chi connectivity index (χ3v) is 2.72. The lowest BCUT2D eigenvalue weighted by Gasteiger charge is -2.08. The van der Waals surface area contributed by atoms with E-state index in [0.717, 1.165) is 22.2 Å². The number of aromatic hydroxyl groups is 1. The van der Waals surface area contributed by atoms with Gasteiger partial charge >= 0.3 is 0 Å². The van der Waals surface area contributed by atoms with Crippen LogP contribution < -0.4 is 0 Å². The Morgan fingerprint density at radius 1 is 1.31 bits per heavy atom. The molecule has 1 heterocycles. The molecule has 0 aliphatic heterocycles. The van der Waals surface area contributed by atoms with Gasteiger partial charge in [-0.2, -0.15) is 0 Å². The van der Waals surface area contributed by atoms with E-state index in [1.807, 2.05) is 32.0 Å². The Hall–Kier alpha value is -1.90. The molecule has 0 aliphatic carbocycles. The lowest BCUT2D eigenvalue weighted by atomic mass is 10.0. The summed E-state index contributed by atoms with van der Waals surface area (Å²) < 4.78 is 0. The third-order valence-electron chi connectivity index (χ3n) is 2.72. The Morgan fingerprint density at radius 3 is 2.75 bits per heavy atom. The van der Waals surface area contributed by atoms with Crippen molar-refractivity contribution in [1.29, 1.82) is 5.41 Å². The SMILES string of the molecule is Cc1cc(C)c2ccc(CC=N)nc2c1O. The Bertz CT molecular complexity index is 561. The molecule has 2 rings (SSSR count). The normalized spacial score (nSPS) is 10.6. The zero-order chi connectivity index (χ0) is 11.7. The Labute approximate surface area is 94.3 Å². The first-order chi connectivity index (χ1) is 7.63. The van der Waals surface area contributed by atoms with Crippen LogP contribution in [0.1, 0.15) is 16.8 Å². The van der Waals surface area contributed by atoms with Crippen LogP contribution in [-0.4, -0.2) is 16.3 Å². The van der Waals surface area contributed by atoms with Gasteiger partial charge < -0.3 is 10.5 Å². The second-order valence-electron chi connectivity index (χ2n) is 3.97. The molecular weight excluding hydrogens is 200 g/mol. The van der Waals surface area contributed by atoms with E-state index >= 15 is 0 Å². The number of phenolic OH excluding ortho intramolecular Hbond substituents is 1. The van der Waals surface area contributed by atoms with Gasteiger partial charge in [0.15, 0.2) is 0 Å². The fourth-order valence-corrected chi connectivity index (χ4v) is 1.87. The Balaban J connectivity index is 2.75. The monoisotopic (exact) mass is 214 g/mol. The van der Waals surface area contributed by atoms with Crippen molar-refractivity contribution in [2.45, 2.75) is 20.3 Å². The third kappa shape index (κ3) is 1.65. The van der Waals surface area contributed by atoms with Crippen molar-refractivity contribution in [3.63, 3.8) is 0 Å². The predicted molar refractivity (Wildman–Crippen MR) is 65.4 cm³/mol. The Kier molecular flexibility index (Phi) is 2.60. The number of rotatable bonds is 2. The zero-order valence-corrected chi connectivity index (χ0v) is 9.41. The summed E-state index contributed by atoms with van der Waals surface area (Å²) in [7, 11) is 0. The smallest absolute Gasteiger partial charge is 0.144 e. The molecular formula is C13H14N2O. The van der Waals surface area contributed by atoms with Crippen LogP contribution in [0, 0.1) is 19.3 Å². The van der Waals surface area contributed by atoms with Gasteiger partial charge in [-0.3, -0.25) is 0 Å². The number of pyridine rings is 1. The molecule has 0 bridgehead atoms. The molecule has 2 aromatic rings. The van der Waals surface area contributed by atoms with Crippen molar-refractivity contribution < 1.29 is 5.11 Å². The number of benzene rings is 1. The van der Waals surface area contributed by atoms with Crippen LogP contribution in [0.2, 0.25) is 0 Å². The van der Waals surface area contributed by atoms with Crippen LogP contribution in [-0.2, 0) is 6.42 Å². The quantitative estimate of drug-likeness (QED) is 0.755. The summed E-state index contributed by atoms with van der Waals surface area (Å²) in [5.41, 5.74) is 3.39. The highest BCUT2D eigenvalue weighted by molar-refractivity contribution is 5.88. The molecule has 16 heavy (non-hydrogen) atoms. The molecule has 1 aromatic heterocycles.